The lowest BCUT2D eigenvalue weighted by molar-refractivity contribution is -0.115. The first kappa shape index (κ1) is 15.4. The molecule has 7 nitrogen and oxygen atoms in total. The molecule has 4 rings (SSSR count). The minimum atomic E-state index is -0.330. The van der Waals surface area contributed by atoms with E-state index in [0.29, 0.717) is 22.1 Å². The Morgan fingerprint density at radius 3 is 2.76 bits per heavy atom. The van der Waals surface area contributed by atoms with Crippen LogP contribution in [0.1, 0.15) is 5.56 Å². The number of aromatic hydroxyl groups is 1. The topological polar surface area (TPSA) is 94.4 Å². The Hall–Kier alpha value is -3.13. The molecule has 0 unspecified atom stereocenters. The van der Waals surface area contributed by atoms with Gasteiger partial charge in [-0.15, -0.1) is 10.2 Å². The van der Waals surface area contributed by atoms with Gasteiger partial charge in [0, 0.05) is 11.6 Å². The SMILES string of the molecule is O=C1Nc2ccccc2/C1=N/N=C1\SCC(=O)N1c1cccc(O)c1. The zero-order valence-corrected chi connectivity index (χ0v) is 13.7. The Balaban J connectivity index is 1.71. The van der Waals surface area contributed by atoms with Crippen LogP contribution in [-0.2, 0) is 9.59 Å². The molecule has 2 aromatic rings. The second-order valence-corrected chi connectivity index (χ2v) is 6.31. The second kappa shape index (κ2) is 6.06. The summed E-state index contributed by atoms with van der Waals surface area (Å²) in [5.74, 6) is -0.214. The number of hydrogen-bond donors (Lipinski definition) is 2. The number of phenolic OH excluding ortho intramolecular Hbond substituents is 1. The van der Waals surface area contributed by atoms with Crippen LogP contribution in [0.15, 0.2) is 58.7 Å². The van der Waals surface area contributed by atoms with E-state index in [-0.39, 0.29) is 29.0 Å². The standard InChI is InChI=1S/C17H12N4O3S/c22-11-5-3-4-10(8-11)21-14(23)9-25-17(21)20-19-15-12-6-1-2-7-13(12)18-16(15)24/h1-8,22H,9H2,(H,18,19,24)/b20-17-. The van der Waals surface area contributed by atoms with Crippen LogP contribution < -0.4 is 10.2 Å². The Morgan fingerprint density at radius 2 is 1.92 bits per heavy atom. The van der Waals surface area contributed by atoms with Gasteiger partial charge in [-0.3, -0.25) is 14.5 Å². The van der Waals surface area contributed by atoms with Crippen molar-refractivity contribution in [2.45, 2.75) is 0 Å². The van der Waals surface area contributed by atoms with Crippen molar-refractivity contribution in [2.75, 3.05) is 16.0 Å². The summed E-state index contributed by atoms with van der Waals surface area (Å²) in [6, 6.07) is 13.5. The van der Waals surface area contributed by atoms with Gasteiger partial charge in [0.2, 0.25) is 5.91 Å². The molecular weight excluding hydrogens is 340 g/mol. The number of hydrogen-bond acceptors (Lipinski definition) is 6. The first-order valence-electron chi connectivity index (χ1n) is 7.44. The highest BCUT2D eigenvalue weighted by atomic mass is 32.2. The fourth-order valence-electron chi connectivity index (χ4n) is 2.62. The number of nitrogens with zero attached hydrogens (tertiary/aromatic N) is 3. The van der Waals surface area contributed by atoms with E-state index in [1.54, 1.807) is 24.3 Å². The number of anilines is 2. The number of nitrogens with one attached hydrogen (secondary N) is 1. The Bertz CT molecular complexity index is 954. The lowest BCUT2D eigenvalue weighted by atomic mass is 10.1. The van der Waals surface area contributed by atoms with E-state index in [1.807, 2.05) is 12.1 Å². The normalized spacial score (nSPS) is 19.6. The highest BCUT2D eigenvalue weighted by molar-refractivity contribution is 8.15. The zero-order valence-electron chi connectivity index (χ0n) is 12.8. The summed E-state index contributed by atoms with van der Waals surface area (Å²) in [5.41, 5.74) is 2.07. The lowest BCUT2D eigenvalue weighted by Gasteiger charge is -2.15. The van der Waals surface area contributed by atoms with Gasteiger partial charge in [0.25, 0.3) is 5.91 Å². The average Bonchev–Trinajstić information content (AvgIpc) is 3.12. The van der Waals surface area contributed by atoms with Gasteiger partial charge in [-0.1, -0.05) is 36.0 Å². The van der Waals surface area contributed by atoms with Gasteiger partial charge in [-0.25, -0.2) is 0 Å². The van der Waals surface area contributed by atoms with Gasteiger partial charge in [-0.2, -0.15) is 0 Å². The molecule has 0 bridgehead atoms. The van der Waals surface area contributed by atoms with E-state index in [2.05, 4.69) is 15.5 Å². The van der Waals surface area contributed by atoms with E-state index >= 15 is 0 Å². The van der Waals surface area contributed by atoms with E-state index in [0.717, 1.165) is 0 Å². The molecule has 2 heterocycles. The molecule has 1 saturated heterocycles. The first-order valence-corrected chi connectivity index (χ1v) is 8.43. The zero-order chi connectivity index (χ0) is 17.4. The van der Waals surface area contributed by atoms with Crippen LogP contribution in [0.2, 0.25) is 0 Å². The maximum absolute atomic E-state index is 12.2. The fraction of sp³-hybridized carbons (Fsp3) is 0.0588. The molecule has 2 aliphatic rings. The summed E-state index contributed by atoms with van der Waals surface area (Å²) in [7, 11) is 0. The minimum Gasteiger partial charge on any atom is -0.508 e. The number of phenols is 1. The third-order valence-corrected chi connectivity index (χ3v) is 4.65. The Labute approximate surface area is 147 Å². The Kier molecular flexibility index (Phi) is 3.73. The smallest absolute Gasteiger partial charge is 0.276 e. The molecule has 0 spiro atoms. The monoisotopic (exact) mass is 352 g/mol. The summed E-state index contributed by atoms with van der Waals surface area (Å²) < 4.78 is 0. The number of rotatable bonds is 2. The van der Waals surface area contributed by atoms with E-state index in [1.165, 1.54) is 28.8 Å². The average molecular weight is 352 g/mol. The number of fused-ring (bicyclic) bond motifs is 1. The number of amidine groups is 1. The molecule has 25 heavy (non-hydrogen) atoms. The quantitative estimate of drug-likeness (QED) is 0.810. The number of carbonyl (C=O) groups is 2. The predicted molar refractivity (Wildman–Crippen MR) is 97.1 cm³/mol. The van der Waals surface area contributed by atoms with Gasteiger partial charge in [-0.05, 0) is 18.2 Å². The molecule has 8 heteroatoms. The summed E-state index contributed by atoms with van der Waals surface area (Å²) in [6.07, 6.45) is 0. The van der Waals surface area contributed by atoms with E-state index < -0.39 is 0 Å². The van der Waals surface area contributed by atoms with Crippen molar-refractivity contribution in [1.82, 2.24) is 0 Å². The number of amides is 2. The maximum atomic E-state index is 12.2. The molecule has 0 aromatic heterocycles. The van der Waals surface area contributed by atoms with Crippen LogP contribution in [0.5, 0.6) is 5.75 Å². The third kappa shape index (κ3) is 2.76. The summed E-state index contributed by atoms with van der Waals surface area (Å²) in [4.78, 5) is 25.6. The number of benzene rings is 2. The molecule has 2 aromatic carbocycles. The predicted octanol–water partition coefficient (Wildman–Crippen LogP) is 2.18. The van der Waals surface area contributed by atoms with Crippen LogP contribution in [0.4, 0.5) is 11.4 Å². The molecule has 0 saturated carbocycles. The number of thioether (sulfide) groups is 1. The molecule has 2 N–H and O–H groups in total. The van der Waals surface area contributed by atoms with Gasteiger partial charge >= 0.3 is 0 Å². The van der Waals surface area contributed by atoms with Crippen LogP contribution in [0.25, 0.3) is 0 Å². The minimum absolute atomic E-state index is 0.0527. The van der Waals surface area contributed by atoms with Crippen molar-refractivity contribution in [3.8, 4) is 5.75 Å². The van der Waals surface area contributed by atoms with Gasteiger partial charge in [0.15, 0.2) is 10.9 Å². The number of carbonyl (C=O) groups excluding carboxylic acids is 2. The molecule has 0 atom stereocenters. The number of para-hydroxylation sites is 1. The molecule has 1 fully saturated rings. The van der Waals surface area contributed by atoms with Crippen LogP contribution in [0, 0.1) is 0 Å². The molecule has 0 aliphatic carbocycles. The van der Waals surface area contributed by atoms with Crippen molar-refractivity contribution in [2.24, 2.45) is 10.2 Å². The molecule has 0 radical (unpaired) electrons. The Morgan fingerprint density at radius 1 is 1.08 bits per heavy atom. The van der Waals surface area contributed by atoms with Crippen LogP contribution in [-0.4, -0.2) is 33.6 Å². The highest BCUT2D eigenvalue weighted by Gasteiger charge is 2.31. The second-order valence-electron chi connectivity index (χ2n) is 5.37. The van der Waals surface area contributed by atoms with Crippen molar-refractivity contribution >= 4 is 45.8 Å². The highest BCUT2D eigenvalue weighted by Crippen LogP contribution is 2.29. The molecule has 2 aliphatic heterocycles. The van der Waals surface area contributed by atoms with Crippen molar-refractivity contribution < 1.29 is 14.7 Å². The van der Waals surface area contributed by atoms with Crippen molar-refractivity contribution in [3.63, 3.8) is 0 Å². The maximum Gasteiger partial charge on any atom is 0.276 e. The van der Waals surface area contributed by atoms with Crippen molar-refractivity contribution in [1.29, 1.82) is 0 Å². The fourth-order valence-corrected chi connectivity index (χ4v) is 3.43. The summed E-state index contributed by atoms with van der Waals surface area (Å²) in [5, 5.41) is 20.9. The molecule has 124 valence electrons. The lowest BCUT2D eigenvalue weighted by Crippen LogP contribution is -2.29. The third-order valence-electron chi connectivity index (χ3n) is 3.73. The van der Waals surface area contributed by atoms with Gasteiger partial charge in [0.1, 0.15) is 5.75 Å². The van der Waals surface area contributed by atoms with Gasteiger partial charge < -0.3 is 10.4 Å². The first-order chi connectivity index (χ1) is 12.1. The van der Waals surface area contributed by atoms with E-state index in [9.17, 15) is 14.7 Å². The largest absolute Gasteiger partial charge is 0.508 e. The molecular formula is C17H12N4O3S. The van der Waals surface area contributed by atoms with Crippen LogP contribution >= 0.6 is 11.8 Å². The van der Waals surface area contributed by atoms with E-state index in [4.69, 9.17) is 0 Å². The van der Waals surface area contributed by atoms with Crippen molar-refractivity contribution in [3.05, 3.63) is 54.1 Å². The van der Waals surface area contributed by atoms with Gasteiger partial charge in [0.05, 0.1) is 17.1 Å². The van der Waals surface area contributed by atoms with Crippen LogP contribution in [0.3, 0.4) is 0 Å². The summed E-state index contributed by atoms with van der Waals surface area (Å²) in [6.45, 7) is 0. The summed E-state index contributed by atoms with van der Waals surface area (Å²) >= 11 is 1.23. The molecule has 2 amide bonds.